The molecule has 0 amide bonds. The first-order valence-electron chi connectivity index (χ1n) is 5.77. The van der Waals surface area contributed by atoms with Crippen molar-refractivity contribution < 1.29 is 4.74 Å². The molecule has 0 aliphatic carbocycles. The van der Waals surface area contributed by atoms with E-state index in [1.54, 1.807) is 10.9 Å². The van der Waals surface area contributed by atoms with Crippen molar-refractivity contribution >= 4 is 12.6 Å². The molecule has 0 unspecified atom stereocenters. The van der Waals surface area contributed by atoms with Crippen molar-refractivity contribution in [3.05, 3.63) is 36.7 Å². The van der Waals surface area contributed by atoms with Gasteiger partial charge in [-0.3, -0.25) is 0 Å². The van der Waals surface area contributed by atoms with Crippen molar-refractivity contribution in [2.45, 2.75) is 24.7 Å². The molecule has 0 saturated carbocycles. The minimum absolute atomic E-state index is 0.741. The van der Waals surface area contributed by atoms with Crippen LogP contribution in [0.15, 0.2) is 41.6 Å². The minimum Gasteiger partial charge on any atom is -0.492 e. The third kappa shape index (κ3) is 3.03. The van der Waals surface area contributed by atoms with Crippen LogP contribution < -0.4 is 4.74 Å². The molecule has 0 aliphatic heterocycles. The molecule has 0 N–H and O–H groups in total. The third-order valence-electron chi connectivity index (χ3n) is 2.47. The van der Waals surface area contributed by atoms with Gasteiger partial charge >= 0.3 is 0 Å². The van der Waals surface area contributed by atoms with E-state index in [2.05, 4.69) is 24.7 Å². The summed E-state index contributed by atoms with van der Waals surface area (Å²) in [7, 11) is 0. The van der Waals surface area contributed by atoms with Gasteiger partial charge in [0.1, 0.15) is 5.75 Å². The minimum atomic E-state index is 0.741. The SMILES string of the molecule is CCCCOc1ccc(-n2cccn2)cc1S. The van der Waals surface area contributed by atoms with Gasteiger partial charge in [-0.25, -0.2) is 4.68 Å². The first-order valence-corrected chi connectivity index (χ1v) is 6.22. The Balaban J connectivity index is 2.12. The van der Waals surface area contributed by atoms with E-state index in [1.165, 1.54) is 0 Å². The zero-order chi connectivity index (χ0) is 12.1. The van der Waals surface area contributed by atoms with E-state index in [1.807, 2.05) is 30.5 Å². The molecule has 0 aliphatic rings. The van der Waals surface area contributed by atoms with E-state index in [-0.39, 0.29) is 0 Å². The predicted molar refractivity (Wildman–Crippen MR) is 71.2 cm³/mol. The van der Waals surface area contributed by atoms with Crippen LogP contribution >= 0.6 is 12.6 Å². The quantitative estimate of drug-likeness (QED) is 0.649. The number of benzene rings is 1. The maximum Gasteiger partial charge on any atom is 0.132 e. The molecule has 1 aromatic carbocycles. The Kier molecular flexibility index (Phi) is 4.09. The standard InChI is InChI=1S/C13H16N2OS/c1-2-3-9-16-12-6-5-11(10-13(12)17)15-8-4-7-14-15/h4-8,10,17H,2-3,9H2,1H3. The monoisotopic (exact) mass is 248 g/mol. The second-order valence-electron chi connectivity index (χ2n) is 3.80. The van der Waals surface area contributed by atoms with Crippen LogP contribution in [0.3, 0.4) is 0 Å². The van der Waals surface area contributed by atoms with Crippen LogP contribution in [0.25, 0.3) is 5.69 Å². The lowest BCUT2D eigenvalue weighted by Gasteiger charge is -2.09. The lowest BCUT2D eigenvalue weighted by molar-refractivity contribution is 0.302. The number of nitrogens with zero attached hydrogens (tertiary/aromatic N) is 2. The summed E-state index contributed by atoms with van der Waals surface area (Å²) in [5.74, 6) is 0.831. The van der Waals surface area contributed by atoms with Gasteiger partial charge in [-0.2, -0.15) is 5.10 Å². The number of thiol groups is 1. The highest BCUT2D eigenvalue weighted by Gasteiger charge is 2.03. The fourth-order valence-corrected chi connectivity index (χ4v) is 1.79. The van der Waals surface area contributed by atoms with Gasteiger partial charge in [0.05, 0.1) is 12.3 Å². The molecule has 0 saturated heterocycles. The largest absolute Gasteiger partial charge is 0.492 e. The van der Waals surface area contributed by atoms with Gasteiger partial charge < -0.3 is 4.74 Å². The molecule has 2 aromatic rings. The summed E-state index contributed by atoms with van der Waals surface area (Å²) in [4.78, 5) is 0.842. The van der Waals surface area contributed by atoms with E-state index in [0.29, 0.717) is 0 Å². The van der Waals surface area contributed by atoms with Crippen molar-refractivity contribution in [3.63, 3.8) is 0 Å². The molecule has 17 heavy (non-hydrogen) atoms. The van der Waals surface area contributed by atoms with Gasteiger partial charge in [0.15, 0.2) is 0 Å². The van der Waals surface area contributed by atoms with Crippen LogP contribution in [0.1, 0.15) is 19.8 Å². The van der Waals surface area contributed by atoms with Gasteiger partial charge in [-0.05, 0) is 30.7 Å². The topological polar surface area (TPSA) is 27.1 Å². The highest BCUT2D eigenvalue weighted by molar-refractivity contribution is 7.80. The summed E-state index contributed by atoms with van der Waals surface area (Å²) in [5, 5.41) is 4.17. The Bertz CT molecular complexity index is 468. The van der Waals surface area contributed by atoms with Crippen molar-refractivity contribution in [2.75, 3.05) is 6.61 Å². The van der Waals surface area contributed by atoms with Crippen LogP contribution in [0.2, 0.25) is 0 Å². The summed E-state index contributed by atoms with van der Waals surface area (Å²) in [5.41, 5.74) is 0.989. The van der Waals surface area contributed by atoms with Crippen molar-refractivity contribution in [3.8, 4) is 11.4 Å². The molecule has 1 aromatic heterocycles. The fourth-order valence-electron chi connectivity index (χ4n) is 1.52. The van der Waals surface area contributed by atoms with Crippen molar-refractivity contribution in [1.82, 2.24) is 9.78 Å². The Labute approximate surface area is 107 Å². The molecule has 0 bridgehead atoms. The Hall–Kier alpha value is -1.42. The van der Waals surface area contributed by atoms with E-state index in [4.69, 9.17) is 4.74 Å². The molecule has 90 valence electrons. The van der Waals surface area contributed by atoms with Gasteiger partial charge in [0.2, 0.25) is 0 Å². The number of hydrogen-bond acceptors (Lipinski definition) is 3. The van der Waals surface area contributed by atoms with E-state index in [9.17, 15) is 0 Å². The van der Waals surface area contributed by atoms with Gasteiger partial charge in [-0.1, -0.05) is 13.3 Å². The summed E-state index contributed by atoms with van der Waals surface area (Å²) in [6, 6.07) is 7.77. The average Bonchev–Trinajstić information content (AvgIpc) is 2.85. The van der Waals surface area contributed by atoms with Crippen LogP contribution in [-0.2, 0) is 0 Å². The van der Waals surface area contributed by atoms with Crippen LogP contribution in [0.4, 0.5) is 0 Å². The number of aromatic nitrogens is 2. The van der Waals surface area contributed by atoms with Crippen molar-refractivity contribution in [2.24, 2.45) is 0 Å². The summed E-state index contributed by atoms with van der Waals surface area (Å²) >= 11 is 4.43. The van der Waals surface area contributed by atoms with Gasteiger partial charge in [0, 0.05) is 17.3 Å². The Morgan fingerprint density at radius 3 is 2.94 bits per heavy atom. The molecule has 0 radical (unpaired) electrons. The van der Waals surface area contributed by atoms with Gasteiger partial charge in [-0.15, -0.1) is 12.6 Å². The predicted octanol–water partition coefficient (Wildman–Crippen LogP) is 3.34. The summed E-state index contributed by atoms with van der Waals surface area (Å²) < 4.78 is 7.44. The summed E-state index contributed by atoms with van der Waals surface area (Å²) in [6.07, 6.45) is 5.85. The highest BCUT2D eigenvalue weighted by Crippen LogP contribution is 2.25. The first-order chi connectivity index (χ1) is 8.31. The third-order valence-corrected chi connectivity index (χ3v) is 2.82. The second kappa shape index (κ2) is 5.77. The molecule has 0 fully saturated rings. The second-order valence-corrected chi connectivity index (χ2v) is 4.29. The van der Waals surface area contributed by atoms with E-state index < -0.39 is 0 Å². The average molecular weight is 248 g/mol. The van der Waals surface area contributed by atoms with Crippen LogP contribution in [0.5, 0.6) is 5.75 Å². The van der Waals surface area contributed by atoms with Gasteiger partial charge in [0.25, 0.3) is 0 Å². The Morgan fingerprint density at radius 1 is 1.41 bits per heavy atom. The number of ether oxygens (including phenoxy) is 1. The zero-order valence-corrected chi connectivity index (χ0v) is 10.7. The molecule has 0 atom stereocenters. The molecular weight excluding hydrogens is 232 g/mol. The highest BCUT2D eigenvalue weighted by atomic mass is 32.1. The molecule has 0 spiro atoms. The first kappa shape index (κ1) is 12.0. The van der Waals surface area contributed by atoms with Crippen LogP contribution in [-0.4, -0.2) is 16.4 Å². The maximum atomic E-state index is 5.64. The molecular formula is C13H16N2OS. The maximum absolute atomic E-state index is 5.64. The molecule has 3 nitrogen and oxygen atoms in total. The lowest BCUT2D eigenvalue weighted by Crippen LogP contribution is -1.99. The summed E-state index contributed by atoms with van der Waals surface area (Å²) in [6.45, 7) is 2.89. The molecule has 1 heterocycles. The van der Waals surface area contributed by atoms with E-state index in [0.717, 1.165) is 35.8 Å². The smallest absolute Gasteiger partial charge is 0.132 e. The normalized spacial score (nSPS) is 10.5. The zero-order valence-electron chi connectivity index (χ0n) is 9.84. The Morgan fingerprint density at radius 2 is 2.29 bits per heavy atom. The molecule has 2 rings (SSSR count). The number of unbranched alkanes of at least 4 members (excludes halogenated alkanes) is 1. The van der Waals surface area contributed by atoms with Crippen molar-refractivity contribution in [1.29, 1.82) is 0 Å². The van der Waals surface area contributed by atoms with Crippen LogP contribution in [0, 0.1) is 0 Å². The van der Waals surface area contributed by atoms with E-state index >= 15 is 0 Å². The fraction of sp³-hybridized carbons (Fsp3) is 0.308. The number of hydrogen-bond donors (Lipinski definition) is 1. The molecule has 4 heteroatoms. The number of rotatable bonds is 5. The lowest BCUT2D eigenvalue weighted by atomic mass is 10.3.